The van der Waals surface area contributed by atoms with Crippen molar-refractivity contribution in [2.45, 2.75) is 26.7 Å². The monoisotopic (exact) mass is 234 g/mol. The van der Waals surface area contributed by atoms with Crippen molar-refractivity contribution in [2.75, 3.05) is 13.2 Å². The second kappa shape index (κ2) is 5.21. The Labute approximate surface area is 102 Å². The van der Waals surface area contributed by atoms with E-state index in [1.165, 1.54) is 5.56 Å². The molecule has 0 saturated heterocycles. The van der Waals surface area contributed by atoms with Crippen LogP contribution in [0.4, 0.5) is 0 Å². The average Bonchev–Trinajstić information content (AvgIpc) is 2.27. The molecule has 1 unspecified atom stereocenters. The molecule has 0 N–H and O–H groups in total. The Hall–Kier alpha value is -1.51. The number of carbonyl (C=O) groups excluding carboxylic acids is 1. The normalized spacial score (nSPS) is 15.4. The van der Waals surface area contributed by atoms with Gasteiger partial charge in [0.1, 0.15) is 19.0 Å². The van der Waals surface area contributed by atoms with Crippen LogP contribution in [0.2, 0.25) is 0 Å². The molecule has 0 bridgehead atoms. The first-order valence-corrected chi connectivity index (χ1v) is 6.03. The van der Waals surface area contributed by atoms with E-state index in [0.717, 1.165) is 17.9 Å². The first-order chi connectivity index (χ1) is 8.15. The zero-order valence-corrected chi connectivity index (χ0v) is 10.4. The smallest absolute Gasteiger partial charge is 0.161 e. The Balaban J connectivity index is 2.04. The summed E-state index contributed by atoms with van der Waals surface area (Å²) in [6, 6.07) is 6.01. The first-order valence-electron chi connectivity index (χ1n) is 6.03. The first kappa shape index (κ1) is 12.0. The van der Waals surface area contributed by atoms with E-state index < -0.39 is 0 Å². The third-order valence-corrected chi connectivity index (χ3v) is 2.83. The lowest BCUT2D eigenvalue weighted by atomic mass is 9.96. The molecular weight excluding hydrogens is 216 g/mol. The van der Waals surface area contributed by atoms with Gasteiger partial charge in [-0.05, 0) is 37.0 Å². The van der Waals surface area contributed by atoms with Crippen LogP contribution in [0.3, 0.4) is 0 Å². The van der Waals surface area contributed by atoms with E-state index in [2.05, 4.69) is 6.92 Å². The van der Waals surface area contributed by atoms with Crippen LogP contribution in [-0.2, 0) is 11.2 Å². The summed E-state index contributed by atoms with van der Waals surface area (Å²) in [4.78, 5) is 11.0. The van der Waals surface area contributed by atoms with Gasteiger partial charge in [-0.3, -0.25) is 0 Å². The Morgan fingerprint density at radius 2 is 2.00 bits per heavy atom. The number of fused-ring (bicyclic) bond motifs is 1. The Morgan fingerprint density at radius 1 is 1.29 bits per heavy atom. The summed E-state index contributed by atoms with van der Waals surface area (Å²) in [5.74, 6) is 2.26. The lowest BCUT2D eigenvalue weighted by Gasteiger charge is -2.19. The second-order valence-corrected chi connectivity index (χ2v) is 4.69. The van der Waals surface area contributed by atoms with Crippen molar-refractivity contribution in [2.24, 2.45) is 5.92 Å². The summed E-state index contributed by atoms with van der Waals surface area (Å²) < 4.78 is 11.0. The van der Waals surface area contributed by atoms with Gasteiger partial charge in [0.25, 0.3) is 0 Å². The number of ketones is 1. The SMILES string of the molecule is CC(=O)CC(C)Cc1ccc2c(c1)OCCO2. The molecule has 0 saturated carbocycles. The fourth-order valence-corrected chi connectivity index (χ4v) is 2.18. The predicted octanol–water partition coefficient (Wildman–Crippen LogP) is 2.62. The van der Waals surface area contributed by atoms with Gasteiger partial charge >= 0.3 is 0 Å². The summed E-state index contributed by atoms with van der Waals surface area (Å²) in [5.41, 5.74) is 1.20. The van der Waals surface area contributed by atoms with E-state index in [1.807, 2.05) is 18.2 Å². The summed E-state index contributed by atoms with van der Waals surface area (Å²) in [6.07, 6.45) is 1.53. The number of carbonyl (C=O) groups is 1. The van der Waals surface area contributed by atoms with Gasteiger partial charge in [0.05, 0.1) is 0 Å². The van der Waals surface area contributed by atoms with Gasteiger partial charge < -0.3 is 14.3 Å². The Bertz CT molecular complexity index is 412. The maximum atomic E-state index is 11.0. The molecule has 1 atom stereocenters. The molecule has 0 amide bonds. The molecule has 0 aliphatic carbocycles. The largest absolute Gasteiger partial charge is 0.486 e. The molecule has 0 spiro atoms. The maximum absolute atomic E-state index is 11.0. The molecule has 92 valence electrons. The zero-order chi connectivity index (χ0) is 12.3. The number of rotatable bonds is 4. The number of ether oxygens (including phenoxy) is 2. The highest BCUT2D eigenvalue weighted by Gasteiger charge is 2.13. The van der Waals surface area contributed by atoms with Crippen LogP contribution in [0.1, 0.15) is 25.8 Å². The van der Waals surface area contributed by atoms with Gasteiger partial charge in [-0.15, -0.1) is 0 Å². The van der Waals surface area contributed by atoms with E-state index in [-0.39, 0.29) is 5.78 Å². The Kier molecular flexibility index (Phi) is 3.67. The molecule has 3 nitrogen and oxygen atoms in total. The molecule has 0 aromatic heterocycles. The lowest BCUT2D eigenvalue weighted by molar-refractivity contribution is -0.117. The molecule has 1 aliphatic rings. The Morgan fingerprint density at radius 3 is 2.71 bits per heavy atom. The van der Waals surface area contributed by atoms with Gasteiger partial charge in [-0.1, -0.05) is 13.0 Å². The minimum absolute atomic E-state index is 0.245. The molecule has 3 heteroatoms. The van der Waals surface area contributed by atoms with Gasteiger partial charge in [0.2, 0.25) is 0 Å². The summed E-state index contributed by atoms with van der Waals surface area (Å²) in [7, 11) is 0. The molecule has 2 rings (SSSR count). The van der Waals surface area contributed by atoms with Crippen LogP contribution in [-0.4, -0.2) is 19.0 Å². The molecule has 1 aliphatic heterocycles. The molecular formula is C14H18O3. The molecule has 0 fully saturated rings. The van der Waals surface area contributed by atoms with E-state index in [4.69, 9.17) is 9.47 Å². The van der Waals surface area contributed by atoms with Gasteiger partial charge in [0.15, 0.2) is 11.5 Å². The van der Waals surface area contributed by atoms with Gasteiger partial charge in [0, 0.05) is 6.42 Å². The maximum Gasteiger partial charge on any atom is 0.161 e. The van der Waals surface area contributed by atoms with Crippen molar-refractivity contribution in [3.05, 3.63) is 23.8 Å². The van der Waals surface area contributed by atoms with Crippen molar-refractivity contribution in [1.29, 1.82) is 0 Å². The number of benzene rings is 1. The molecule has 17 heavy (non-hydrogen) atoms. The highest BCUT2D eigenvalue weighted by atomic mass is 16.6. The fraction of sp³-hybridized carbons (Fsp3) is 0.500. The van der Waals surface area contributed by atoms with Crippen LogP contribution in [0.25, 0.3) is 0 Å². The fourth-order valence-electron chi connectivity index (χ4n) is 2.18. The molecule has 1 aromatic carbocycles. The quantitative estimate of drug-likeness (QED) is 0.803. The minimum atomic E-state index is 0.245. The average molecular weight is 234 g/mol. The third-order valence-electron chi connectivity index (χ3n) is 2.83. The summed E-state index contributed by atoms with van der Waals surface area (Å²) in [6.45, 7) is 4.96. The standard InChI is InChI=1S/C14H18O3/c1-10(7-11(2)15)8-12-3-4-13-14(9-12)17-6-5-16-13/h3-4,9-10H,5-8H2,1-2H3. The van der Waals surface area contributed by atoms with E-state index in [1.54, 1.807) is 6.92 Å². The van der Waals surface area contributed by atoms with Crippen LogP contribution < -0.4 is 9.47 Å². The van der Waals surface area contributed by atoms with Crippen molar-refractivity contribution in [1.82, 2.24) is 0 Å². The molecule has 1 heterocycles. The van der Waals surface area contributed by atoms with Gasteiger partial charge in [-0.25, -0.2) is 0 Å². The van der Waals surface area contributed by atoms with Crippen LogP contribution in [0.15, 0.2) is 18.2 Å². The third kappa shape index (κ3) is 3.22. The highest BCUT2D eigenvalue weighted by molar-refractivity contribution is 5.75. The van der Waals surface area contributed by atoms with E-state index >= 15 is 0 Å². The van der Waals surface area contributed by atoms with E-state index in [9.17, 15) is 4.79 Å². The van der Waals surface area contributed by atoms with Crippen LogP contribution in [0, 0.1) is 5.92 Å². The predicted molar refractivity (Wildman–Crippen MR) is 65.6 cm³/mol. The number of hydrogen-bond acceptors (Lipinski definition) is 3. The molecule has 1 aromatic rings. The van der Waals surface area contributed by atoms with Crippen LogP contribution in [0.5, 0.6) is 11.5 Å². The van der Waals surface area contributed by atoms with Crippen molar-refractivity contribution >= 4 is 5.78 Å². The number of Topliss-reactive ketones (excluding diaryl/α,β-unsaturated/α-hetero) is 1. The van der Waals surface area contributed by atoms with Crippen LogP contribution >= 0.6 is 0 Å². The van der Waals surface area contributed by atoms with Crippen molar-refractivity contribution in [3.8, 4) is 11.5 Å². The van der Waals surface area contributed by atoms with Crippen molar-refractivity contribution < 1.29 is 14.3 Å². The minimum Gasteiger partial charge on any atom is -0.486 e. The zero-order valence-electron chi connectivity index (χ0n) is 10.4. The molecule has 0 radical (unpaired) electrons. The topological polar surface area (TPSA) is 35.5 Å². The summed E-state index contributed by atoms with van der Waals surface area (Å²) >= 11 is 0. The lowest BCUT2D eigenvalue weighted by Crippen LogP contribution is -2.15. The second-order valence-electron chi connectivity index (χ2n) is 4.69. The number of hydrogen-bond donors (Lipinski definition) is 0. The van der Waals surface area contributed by atoms with Gasteiger partial charge in [-0.2, -0.15) is 0 Å². The van der Waals surface area contributed by atoms with E-state index in [0.29, 0.717) is 25.6 Å². The highest BCUT2D eigenvalue weighted by Crippen LogP contribution is 2.31. The summed E-state index contributed by atoms with van der Waals surface area (Å²) in [5, 5.41) is 0. The van der Waals surface area contributed by atoms with Crippen molar-refractivity contribution in [3.63, 3.8) is 0 Å².